The molecule has 6 nitrogen and oxygen atoms in total. The summed E-state index contributed by atoms with van der Waals surface area (Å²) in [5.41, 5.74) is 2.91. The lowest BCUT2D eigenvalue weighted by Gasteiger charge is -2.20. The Morgan fingerprint density at radius 2 is 1.83 bits per heavy atom. The number of ether oxygens (including phenoxy) is 1. The van der Waals surface area contributed by atoms with Crippen molar-refractivity contribution < 1.29 is 18.7 Å². The molecule has 0 saturated carbocycles. The number of anilines is 1. The van der Waals surface area contributed by atoms with E-state index < -0.39 is 6.10 Å². The molecule has 0 aliphatic heterocycles. The zero-order chi connectivity index (χ0) is 21.5. The maximum absolute atomic E-state index is 12.9. The second-order valence-electron chi connectivity index (χ2n) is 7.01. The monoisotopic (exact) mass is 406 g/mol. The van der Waals surface area contributed by atoms with Crippen molar-refractivity contribution in [1.82, 2.24) is 5.32 Å². The first kappa shape index (κ1) is 21.2. The van der Waals surface area contributed by atoms with Crippen LogP contribution in [0.2, 0.25) is 0 Å². The molecule has 0 aliphatic rings. The summed E-state index contributed by atoms with van der Waals surface area (Å²) in [5, 5.41) is 5.64. The lowest BCUT2D eigenvalue weighted by atomic mass is 10.1. The van der Waals surface area contributed by atoms with Crippen LogP contribution in [0.15, 0.2) is 65.3 Å². The molecular weight excluding hydrogens is 380 g/mol. The SMILES string of the molecule is CC[C@H](Oc1cccc(C)c1C)C(=O)Nc1ccccc1C(=O)NCc1ccco1. The van der Waals surface area contributed by atoms with Gasteiger partial charge in [0.25, 0.3) is 11.8 Å². The summed E-state index contributed by atoms with van der Waals surface area (Å²) in [5.74, 6) is 0.731. The molecule has 0 fully saturated rings. The average Bonchev–Trinajstić information content (AvgIpc) is 3.27. The third-order valence-electron chi connectivity index (χ3n) is 4.92. The molecule has 0 saturated heterocycles. The predicted octanol–water partition coefficient (Wildman–Crippen LogP) is 4.62. The number of nitrogens with one attached hydrogen (secondary N) is 2. The van der Waals surface area contributed by atoms with Crippen LogP contribution in [0.4, 0.5) is 5.69 Å². The summed E-state index contributed by atoms with van der Waals surface area (Å²) < 4.78 is 11.2. The molecular formula is C24H26N2O4. The molecule has 30 heavy (non-hydrogen) atoms. The van der Waals surface area contributed by atoms with Crippen LogP contribution < -0.4 is 15.4 Å². The predicted molar refractivity (Wildman–Crippen MR) is 116 cm³/mol. The first-order valence-electron chi connectivity index (χ1n) is 9.93. The topological polar surface area (TPSA) is 80.6 Å². The molecule has 6 heteroatoms. The lowest BCUT2D eigenvalue weighted by Crippen LogP contribution is -2.33. The quantitative estimate of drug-likeness (QED) is 0.572. The molecule has 1 aromatic heterocycles. The van der Waals surface area contributed by atoms with Gasteiger partial charge in [-0.15, -0.1) is 0 Å². The Morgan fingerprint density at radius 3 is 2.57 bits per heavy atom. The maximum atomic E-state index is 12.9. The summed E-state index contributed by atoms with van der Waals surface area (Å²) in [6, 6.07) is 16.2. The summed E-state index contributed by atoms with van der Waals surface area (Å²) in [7, 11) is 0. The van der Waals surface area contributed by atoms with Crippen molar-refractivity contribution in [3.63, 3.8) is 0 Å². The van der Waals surface area contributed by atoms with Crippen molar-refractivity contribution in [1.29, 1.82) is 0 Å². The van der Waals surface area contributed by atoms with Gasteiger partial charge in [0.05, 0.1) is 24.1 Å². The first-order chi connectivity index (χ1) is 14.5. The molecule has 3 rings (SSSR count). The maximum Gasteiger partial charge on any atom is 0.265 e. The number of amides is 2. The third kappa shape index (κ3) is 5.08. The van der Waals surface area contributed by atoms with Crippen LogP contribution in [0.3, 0.4) is 0 Å². The van der Waals surface area contributed by atoms with Gasteiger partial charge >= 0.3 is 0 Å². The third-order valence-corrected chi connectivity index (χ3v) is 4.92. The molecule has 0 aliphatic carbocycles. The van der Waals surface area contributed by atoms with Gasteiger partial charge < -0.3 is 19.8 Å². The van der Waals surface area contributed by atoms with Crippen LogP contribution in [0, 0.1) is 13.8 Å². The van der Waals surface area contributed by atoms with E-state index in [-0.39, 0.29) is 18.4 Å². The minimum atomic E-state index is -0.676. The molecule has 0 radical (unpaired) electrons. The van der Waals surface area contributed by atoms with Crippen LogP contribution in [0.1, 0.15) is 40.6 Å². The summed E-state index contributed by atoms with van der Waals surface area (Å²) in [6.45, 7) is 6.12. The van der Waals surface area contributed by atoms with Gasteiger partial charge in [-0.2, -0.15) is 0 Å². The van der Waals surface area contributed by atoms with E-state index in [1.165, 1.54) is 0 Å². The molecule has 0 spiro atoms. The summed E-state index contributed by atoms with van der Waals surface area (Å²) in [4.78, 5) is 25.5. The van der Waals surface area contributed by atoms with Crippen LogP contribution in [0.25, 0.3) is 0 Å². The fraction of sp³-hybridized carbons (Fsp3) is 0.250. The Balaban J connectivity index is 1.70. The second kappa shape index (κ2) is 9.78. The van der Waals surface area contributed by atoms with Gasteiger partial charge in [-0.05, 0) is 61.7 Å². The van der Waals surface area contributed by atoms with Gasteiger partial charge in [-0.25, -0.2) is 0 Å². The molecule has 0 bridgehead atoms. The fourth-order valence-corrected chi connectivity index (χ4v) is 3.01. The minimum absolute atomic E-state index is 0.265. The standard InChI is InChI=1S/C24H26N2O4/c1-4-21(30-22-13-7-9-16(2)17(22)3)24(28)26-20-12-6-5-11-19(20)23(27)25-15-18-10-8-14-29-18/h5-14,21H,4,15H2,1-3H3,(H,25,27)(H,26,28)/t21-/m0/s1. The molecule has 2 aromatic carbocycles. The van der Waals surface area contributed by atoms with E-state index in [0.717, 1.165) is 11.1 Å². The van der Waals surface area contributed by atoms with Gasteiger partial charge in [0, 0.05) is 0 Å². The Labute approximate surface area is 176 Å². The zero-order valence-electron chi connectivity index (χ0n) is 17.4. The molecule has 2 N–H and O–H groups in total. The van der Waals surface area contributed by atoms with E-state index in [4.69, 9.17) is 9.15 Å². The molecule has 2 amide bonds. The lowest BCUT2D eigenvalue weighted by molar-refractivity contribution is -0.122. The van der Waals surface area contributed by atoms with E-state index in [9.17, 15) is 9.59 Å². The summed E-state index contributed by atoms with van der Waals surface area (Å²) >= 11 is 0. The van der Waals surface area contributed by atoms with Crippen LogP contribution in [0.5, 0.6) is 5.75 Å². The number of para-hydroxylation sites is 1. The highest BCUT2D eigenvalue weighted by atomic mass is 16.5. The van der Waals surface area contributed by atoms with Gasteiger partial charge in [0.2, 0.25) is 0 Å². The zero-order valence-corrected chi connectivity index (χ0v) is 17.4. The van der Waals surface area contributed by atoms with Crippen molar-refractivity contribution in [3.05, 3.63) is 83.3 Å². The number of hydrogen-bond donors (Lipinski definition) is 2. The van der Waals surface area contributed by atoms with Crippen LogP contribution >= 0.6 is 0 Å². The van der Waals surface area contributed by atoms with Crippen molar-refractivity contribution in [3.8, 4) is 5.75 Å². The number of aryl methyl sites for hydroxylation is 1. The molecule has 156 valence electrons. The van der Waals surface area contributed by atoms with Crippen LogP contribution in [-0.2, 0) is 11.3 Å². The van der Waals surface area contributed by atoms with E-state index in [1.54, 1.807) is 42.7 Å². The van der Waals surface area contributed by atoms with Crippen LogP contribution in [-0.4, -0.2) is 17.9 Å². The van der Waals surface area contributed by atoms with E-state index >= 15 is 0 Å². The number of carbonyl (C=O) groups excluding carboxylic acids is 2. The first-order valence-corrected chi connectivity index (χ1v) is 9.93. The smallest absolute Gasteiger partial charge is 0.265 e. The Morgan fingerprint density at radius 1 is 1.03 bits per heavy atom. The molecule has 1 heterocycles. The summed E-state index contributed by atoms with van der Waals surface area (Å²) in [6.07, 6.45) is 1.37. The highest BCUT2D eigenvalue weighted by Gasteiger charge is 2.22. The minimum Gasteiger partial charge on any atom is -0.480 e. The number of benzene rings is 2. The normalized spacial score (nSPS) is 11.6. The highest BCUT2D eigenvalue weighted by Crippen LogP contribution is 2.23. The number of hydrogen-bond acceptors (Lipinski definition) is 4. The van der Waals surface area contributed by atoms with Crippen molar-refractivity contribution in [2.75, 3.05) is 5.32 Å². The van der Waals surface area contributed by atoms with Gasteiger partial charge in [-0.1, -0.05) is 31.2 Å². The molecule has 1 atom stereocenters. The highest BCUT2D eigenvalue weighted by molar-refractivity contribution is 6.04. The number of furan rings is 1. The second-order valence-corrected chi connectivity index (χ2v) is 7.01. The number of rotatable bonds is 8. The van der Waals surface area contributed by atoms with Gasteiger partial charge in [-0.3, -0.25) is 9.59 Å². The van der Waals surface area contributed by atoms with Crippen molar-refractivity contribution >= 4 is 17.5 Å². The Hall–Kier alpha value is -3.54. The van der Waals surface area contributed by atoms with E-state index in [0.29, 0.717) is 29.2 Å². The van der Waals surface area contributed by atoms with Gasteiger partial charge in [0.15, 0.2) is 6.10 Å². The van der Waals surface area contributed by atoms with Crippen molar-refractivity contribution in [2.45, 2.75) is 39.8 Å². The Bertz CT molecular complexity index is 1010. The fourth-order valence-electron chi connectivity index (χ4n) is 3.01. The van der Waals surface area contributed by atoms with E-state index in [2.05, 4.69) is 10.6 Å². The van der Waals surface area contributed by atoms with Gasteiger partial charge in [0.1, 0.15) is 11.5 Å². The van der Waals surface area contributed by atoms with Crippen molar-refractivity contribution in [2.24, 2.45) is 0 Å². The molecule has 3 aromatic rings. The largest absolute Gasteiger partial charge is 0.480 e. The van der Waals surface area contributed by atoms with E-state index in [1.807, 2.05) is 39.0 Å². The average molecular weight is 406 g/mol. The molecule has 0 unspecified atom stereocenters. The Kier molecular flexibility index (Phi) is 6.91. The number of carbonyl (C=O) groups is 2.